The summed E-state index contributed by atoms with van der Waals surface area (Å²) in [6, 6.07) is 0.688. The minimum absolute atomic E-state index is 0.0267. The van der Waals surface area contributed by atoms with Crippen molar-refractivity contribution in [1.82, 2.24) is 10.9 Å². The van der Waals surface area contributed by atoms with Gasteiger partial charge in [0.1, 0.15) is 12.4 Å². The Hall–Kier alpha value is -1.17. The minimum atomic E-state index is -0.279. The molecule has 3 fully saturated rings. The molecular weight excluding hydrogens is 328 g/mol. The first-order chi connectivity index (χ1) is 12.7. The van der Waals surface area contributed by atoms with Crippen molar-refractivity contribution in [3.05, 3.63) is 24.0 Å². The van der Waals surface area contributed by atoms with Crippen molar-refractivity contribution in [1.29, 1.82) is 0 Å². The van der Waals surface area contributed by atoms with E-state index in [1.807, 2.05) is 0 Å². The van der Waals surface area contributed by atoms with E-state index < -0.39 is 0 Å². The van der Waals surface area contributed by atoms with Gasteiger partial charge in [-0.2, -0.15) is 0 Å². The first-order valence-electron chi connectivity index (χ1n) is 10.3. The van der Waals surface area contributed by atoms with Gasteiger partial charge in [-0.3, -0.25) is 10.9 Å². The molecule has 1 saturated heterocycles. The third-order valence-corrected chi connectivity index (χ3v) is 7.78. The van der Waals surface area contributed by atoms with E-state index in [4.69, 9.17) is 9.47 Å². The van der Waals surface area contributed by atoms with Gasteiger partial charge in [-0.15, -0.1) is 0 Å². The zero-order valence-corrected chi connectivity index (χ0v) is 15.5. The molecule has 8 atom stereocenters. The van der Waals surface area contributed by atoms with Gasteiger partial charge in [0.2, 0.25) is 0 Å². The van der Waals surface area contributed by atoms with Gasteiger partial charge in [-0.1, -0.05) is 12.2 Å². The fourth-order valence-electron chi connectivity index (χ4n) is 6.69. The molecule has 1 aliphatic heterocycles. The lowest BCUT2D eigenvalue weighted by molar-refractivity contribution is -0.144. The Morgan fingerprint density at radius 2 is 2.08 bits per heavy atom. The van der Waals surface area contributed by atoms with E-state index in [9.17, 15) is 4.79 Å². The zero-order chi connectivity index (χ0) is 17.7. The summed E-state index contributed by atoms with van der Waals surface area (Å²) in [5.41, 5.74) is 6.88. The Morgan fingerprint density at radius 3 is 2.96 bits per heavy atom. The number of nitrogens with one attached hydrogen (secondary N) is 2. The highest BCUT2D eigenvalue weighted by Crippen LogP contribution is 2.56. The predicted octanol–water partition coefficient (Wildman–Crippen LogP) is 2.41. The van der Waals surface area contributed by atoms with Crippen molar-refractivity contribution >= 4 is 5.97 Å². The second kappa shape index (κ2) is 6.77. The van der Waals surface area contributed by atoms with E-state index in [1.165, 1.54) is 32.8 Å². The molecule has 5 heteroatoms. The number of ether oxygens (including phenoxy) is 2. The molecule has 26 heavy (non-hydrogen) atoms. The van der Waals surface area contributed by atoms with Crippen LogP contribution in [-0.4, -0.2) is 32.3 Å². The number of carbonyl (C=O) groups excluding carboxylic acids is 1. The van der Waals surface area contributed by atoms with Crippen LogP contribution < -0.4 is 10.9 Å². The lowest BCUT2D eigenvalue weighted by atomic mass is 9.54. The third kappa shape index (κ3) is 2.76. The molecule has 5 aliphatic rings. The van der Waals surface area contributed by atoms with Crippen molar-refractivity contribution in [3.63, 3.8) is 0 Å². The Morgan fingerprint density at radius 1 is 1.15 bits per heavy atom. The summed E-state index contributed by atoms with van der Waals surface area (Å²) in [4.78, 5) is 11.8. The number of carbonyl (C=O) groups is 1. The molecule has 0 radical (unpaired) electrons. The highest BCUT2D eigenvalue weighted by Gasteiger charge is 2.51. The molecule has 142 valence electrons. The molecule has 5 rings (SSSR count). The number of esters is 1. The van der Waals surface area contributed by atoms with Crippen LogP contribution in [-0.2, 0) is 14.3 Å². The Bertz CT molecular complexity index is 631. The third-order valence-electron chi connectivity index (χ3n) is 7.78. The number of hydrazine groups is 1. The first-order valence-corrected chi connectivity index (χ1v) is 10.3. The molecule has 0 bridgehead atoms. The van der Waals surface area contributed by atoms with Crippen molar-refractivity contribution < 1.29 is 14.3 Å². The van der Waals surface area contributed by atoms with E-state index >= 15 is 0 Å². The molecule has 0 aromatic rings. The van der Waals surface area contributed by atoms with Crippen molar-refractivity contribution in [2.24, 2.45) is 41.4 Å². The van der Waals surface area contributed by atoms with Gasteiger partial charge in [0.15, 0.2) is 0 Å². The number of allylic oxidation sites excluding steroid dienone is 3. The quantitative estimate of drug-likeness (QED) is 0.599. The van der Waals surface area contributed by atoms with Crippen molar-refractivity contribution in [3.8, 4) is 0 Å². The molecule has 0 aromatic heterocycles. The molecule has 1 heterocycles. The summed E-state index contributed by atoms with van der Waals surface area (Å²) in [7, 11) is 1.53. The first kappa shape index (κ1) is 17.0. The van der Waals surface area contributed by atoms with Crippen LogP contribution >= 0.6 is 0 Å². The highest BCUT2D eigenvalue weighted by atomic mass is 16.6. The average molecular weight is 358 g/mol. The molecule has 0 amide bonds. The van der Waals surface area contributed by atoms with Crippen LogP contribution in [0.15, 0.2) is 24.0 Å². The number of rotatable bonds is 3. The Balaban J connectivity index is 1.31. The largest absolute Gasteiger partial charge is 0.429 e. The number of methoxy groups -OCH3 is 1. The van der Waals surface area contributed by atoms with Gasteiger partial charge in [0.05, 0.1) is 0 Å². The van der Waals surface area contributed by atoms with E-state index in [-0.39, 0.29) is 12.6 Å². The topological polar surface area (TPSA) is 59.6 Å². The summed E-state index contributed by atoms with van der Waals surface area (Å²) in [6.07, 6.45) is 13.4. The maximum Gasteiger partial charge on any atom is 0.337 e. The maximum absolute atomic E-state index is 11.8. The molecule has 2 N–H and O–H groups in total. The molecule has 8 unspecified atom stereocenters. The van der Waals surface area contributed by atoms with Crippen LogP contribution in [0.1, 0.15) is 32.1 Å². The second-order valence-electron chi connectivity index (χ2n) is 8.93. The van der Waals surface area contributed by atoms with Crippen LogP contribution in [0.4, 0.5) is 0 Å². The van der Waals surface area contributed by atoms with E-state index in [2.05, 4.69) is 29.1 Å². The minimum Gasteiger partial charge on any atom is -0.429 e. The fraction of sp³-hybridized carbons (Fsp3) is 0.762. The predicted molar refractivity (Wildman–Crippen MR) is 97.6 cm³/mol. The molecule has 2 saturated carbocycles. The van der Waals surface area contributed by atoms with Gasteiger partial charge in [0.25, 0.3) is 0 Å². The number of hydrogen-bond donors (Lipinski definition) is 2. The molecule has 0 aromatic carbocycles. The maximum atomic E-state index is 11.8. The second-order valence-corrected chi connectivity index (χ2v) is 8.93. The van der Waals surface area contributed by atoms with Gasteiger partial charge in [-0.05, 0) is 73.7 Å². The van der Waals surface area contributed by atoms with Crippen LogP contribution in [0.3, 0.4) is 0 Å². The Kier molecular flexibility index (Phi) is 4.42. The molecule has 4 aliphatic carbocycles. The molecule has 0 spiro atoms. The van der Waals surface area contributed by atoms with Gasteiger partial charge in [-0.25, -0.2) is 4.79 Å². The van der Waals surface area contributed by atoms with Crippen molar-refractivity contribution in [2.75, 3.05) is 20.3 Å². The van der Waals surface area contributed by atoms with E-state index in [0.29, 0.717) is 17.9 Å². The van der Waals surface area contributed by atoms with Gasteiger partial charge < -0.3 is 9.47 Å². The van der Waals surface area contributed by atoms with Gasteiger partial charge >= 0.3 is 5.97 Å². The normalized spacial score (nSPS) is 46.0. The van der Waals surface area contributed by atoms with Crippen LogP contribution in [0, 0.1) is 41.4 Å². The molecule has 5 nitrogen and oxygen atoms in total. The van der Waals surface area contributed by atoms with Crippen LogP contribution in [0.25, 0.3) is 0 Å². The van der Waals surface area contributed by atoms with Crippen LogP contribution in [0.5, 0.6) is 0 Å². The summed E-state index contributed by atoms with van der Waals surface area (Å²) in [6.45, 7) is 1.15. The number of fused-ring (bicyclic) bond motifs is 6. The lowest BCUT2D eigenvalue weighted by Crippen LogP contribution is -2.47. The summed E-state index contributed by atoms with van der Waals surface area (Å²) < 4.78 is 10.5. The smallest absolute Gasteiger partial charge is 0.337 e. The summed E-state index contributed by atoms with van der Waals surface area (Å²) >= 11 is 0. The SMILES string of the molecule is COCC(=O)OC1=CCC2C1C=CC1C3CC4CNNC4CC3CCC12. The zero-order valence-electron chi connectivity index (χ0n) is 15.5. The fourth-order valence-corrected chi connectivity index (χ4v) is 6.69. The summed E-state index contributed by atoms with van der Waals surface area (Å²) in [5.74, 6) is 5.48. The monoisotopic (exact) mass is 358 g/mol. The van der Waals surface area contributed by atoms with E-state index in [1.54, 1.807) is 0 Å². The van der Waals surface area contributed by atoms with E-state index in [0.717, 1.165) is 48.3 Å². The average Bonchev–Trinajstić information content (AvgIpc) is 3.26. The lowest BCUT2D eigenvalue weighted by Gasteiger charge is -2.51. The standard InChI is InChI=1S/C21H30N2O3/c1-25-11-21(24)26-20-7-6-15-14-3-2-12-9-19-13(10-22-23-19)8-18(12)16(14)4-5-17(15)20/h4-5,7,12-19,22-23H,2-3,6,8-11H2,1H3. The summed E-state index contributed by atoms with van der Waals surface area (Å²) in [5, 5.41) is 0. The van der Waals surface area contributed by atoms with Gasteiger partial charge in [0, 0.05) is 25.6 Å². The highest BCUT2D eigenvalue weighted by molar-refractivity contribution is 5.72. The Labute approximate surface area is 155 Å². The van der Waals surface area contributed by atoms with Crippen LogP contribution in [0.2, 0.25) is 0 Å². The number of hydrogen-bond acceptors (Lipinski definition) is 5. The molecular formula is C21H30N2O3. The van der Waals surface area contributed by atoms with Crippen molar-refractivity contribution in [2.45, 2.75) is 38.1 Å².